The maximum absolute atomic E-state index is 12.8. The smallest absolute Gasteiger partial charge is 0.123 e. The molecule has 17 heavy (non-hydrogen) atoms. The van der Waals surface area contributed by atoms with Gasteiger partial charge in [0.25, 0.3) is 0 Å². The predicted octanol–water partition coefficient (Wildman–Crippen LogP) is 3.06. The summed E-state index contributed by atoms with van der Waals surface area (Å²) in [6, 6.07) is 8.52. The molecule has 1 aromatic heterocycles. The Morgan fingerprint density at radius 3 is 2.47 bits per heavy atom. The van der Waals surface area contributed by atoms with Crippen molar-refractivity contribution in [2.45, 2.75) is 19.3 Å². The van der Waals surface area contributed by atoms with Crippen molar-refractivity contribution in [1.82, 2.24) is 4.98 Å². The fourth-order valence-corrected chi connectivity index (χ4v) is 1.70. The molecule has 0 saturated heterocycles. The Morgan fingerprint density at radius 2 is 1.88 bits per heavy atom. The molecule has 0 atom stereocenters. The maximum atomic E-state index is 12.8. The average molecular weight is 232 g/mol. The second kappa shape index (κ2) is 4.34. The third kappa shape index (κ3) is 2.39. The van der Waals surface area contributed by atoms with E-state index in [0.717, 1.165) is 11.3 Å². The van der Waals surface area contributed by atoms with E-state index in [2.05, 4.69) is 24.9 Å². The van der Waals surface area contributed by atoms with Gasteiger partial charge >= 0.3 is 0 Å². The molecular weight excluding hydrogens is 215 g/mol. The summed E-state index contributed by atoms with van der Waals surface area (Å²) in [6.45, 7) is 4.79. The molecule has 0 aliphatic rings. The van der Waals surface area contributed by atoms with Gasteiger partial charge in [0.2, 0.25) is 0 Å². The monoisotopic (exact) mass is 232 g/mol. The summed E-state index contributed by atoms with van der Waals surface area (Å²) < 4.78 is 12.8. The van der Waals surface area contributed by atoms with Crippen LogP contribution < -0.4 is 5.73 Å². The molecule has 0 aliphatic heterocycles. The molecule has 1 heterocycles. The number of nitrogens with two attached hydrogens (primary N) is 1. The van der Waals surface area contributed by atoms with Crippen LogP contribution in [0.5, 0.6) is 0 Å². The normalized spacial score (nSPS) is 11.8. The summed E-state index contributed by atoms with van der Waals surface area (Å²) in [5.41, 5.74) is 8.83. The van der Waals surface area contributed by atoms with Crippen molar-refractivity contribution in [2.75, 3.05) is 6.54 Å². The van der Waals surface area contributed by atoms with E-state index in [4.69, 9.17) is 5.73 Å². The van der Waals surface area contributed by atoms with Crippen LogP contribution in [-0.4, -0.2) is 11.5 Å². The molecule has 0 fully saturated rings. The second-order valence-electron chi connectivity index (χ2n) is 4.90. The minimum absolute atomic E-state index is 0.0468. The number of hydrogen-bond donors (Lipinski definition) is 2. The quantitative estimate of drug-likeness (QED) is 0.839. The number of aromatic amines is 1. The Morgan fingerprint density at radius 1 is 1.24 bits per heavy atom. The number of rotatable bonds is 3. The van der Waals surface area contributed by atoms with Gasteiger partial charge in [-0.25, -0.2) is 4.39 Å². The van der Waals surface area contributed by atoms with Gasteiger partial charge in [-0.1, -0.05) is 13.8 Å². The van der Waals surface area contributed by atoms with Crippen LogP contribution in [0.15, 0.2) is 36.5 Å². The lowest BCUT2D eigenvalue weighted by Gasteiger charge is -2.20. The molecular formula is C14H17FN2. The molecule has 3 heteroatoms. The molecule has 2 rings (SSSR count). The zero-order valence-electron chi connectivity index (χ0n) is 10.1. The fourth-order valence-electron chi connectivity index (χ4n) is 1.70. The van der Waals surface area contributed by atoms with Crippen LogP contribution in [0.25, 0.3) is 11.3 Å². The van der Waals surface area contributed by atoms with Gasteiger partial charge in [0.05, 0.1) is 0 Å². The number of nitrogens with one attached hydrogen (secondary N) is 1. The molecule has 2 nitrogen and oxygen atoms in total. The van der Waals surface area contributed by atoms with Gasteiger partial charge in [-0.2, -0.15) is 0 Å². The van der Waals surface area contributed by atoms with Crippen molar-refractivity contribution in [1.29, 1.82) is 0 Å². The third-order valence-electron chi connectivity index (χ3n) is 3.13. The highest BCUT2D eigenvalue weighted by molar-refractivity contribution is 5.60. The topological polar surface area (TPSA) is 41.8 Å². The lowest BCUT2D eigenvalue weighted by atomic mass is 9.86. The van der Waals surface area contributed by atoms with Gasteiger partial charge < -0.3 is 10.7 Å². The zero-order valence-corrected chi connectivity index (χ0v) is 10.1. The first-order valence-corrected chi connectivity index (χ1v) is 5.68. The average Bonchev–Trinajstić information content (AvgIpc) is 2.80. The van der Waals surface area contributed by atoms with E-state index in [1.54, 1.807) is 12.1 Å². The molecule has 2 aromatic rings. The summed E-state index contributed by atoms with van der Waals surface area (Å²) in [6.07, 6.45) is 1.96. The van der Waals surface area contributed by atoms with Gasteiger partial charge in [0, 0.05) is 23.9 Å². The Hall–Kier alpha value is -1.61. The molecule has 0 unspecified atom stereocenters. The van der Waals surface area contributed by atoms with E-state index in [1.165, 1.54) is 17.7 Å². The summed E-state index contributed by atoms with van der Waals surface area (Å²) in [7, 11) is 0. The van der Waals surface area contributed by atoms with Crippen LogP contribution in [0.4, 0.5) is 4.39 Å². The van der Waals surface area contributed by atoms with Crippen LogP contribution in [0, 0.1) is 5.82 Å². The first-order valence-electron chi connectivity index (χ1n) is 5.68. The summed E-state index contributed by atoms with van der Waals surface area (Å²) >= 11 is 0. The molecule has 0 radical (unpaired) electrons. The predicted molar refractivity (Wildman–Crippen MR) is 68.3 cm³/mol. The molecule has 1 aromatic carbocycles. The van der Waals surface area contributed by atoms with Crippen molar-refractivity contribution in [2.24, 2.45) is 5.73 Å². The maximum Gasteiger partial charge on any atom is 0.123 e. The number of H-pyrrole nitrogens is 1. The van der Waals surface area contributed by atoms with Crippen LogP contribution in [0.2, 0.25) is 0 Å². The SMILES string of the molecule is CC(C)(CN)c1c[nH]c(-c2ccc(F)cc2)c1. The molecule has 90 valence electrons. The van der Waals surface area contributed by atoms with Crippen molar-refractivity contribution in [3.63, 3.8) is 0 Å². The highest BCUT2D eigenvalue weighted by Gasteiger charge is 2.19. The Kier molecular flexibility index (Phi) is 3.03. The number of aromatic nitrogens is 1. The first kappa shape index (κ1) is 11.9. The third-order valence-corrected chi connectivity index (χ3v) is 3.13. The van der Waals surface area contributed by atoms with Gasteiger partial charge in [-0.05, 0) is 41.5 Å². The first-order chi connectivity index (χ1) is 8.03. The van der Waals surface area contributed by atoms with E-state index in [9.17, 15) is 4.39 Å². The van der Waals surface area contributed by atoms with Crippen LogP contribution in [0.3, 0.4) is 0 Å². The van der Waals surface area contributed by atoms with Crippen LogP contribution >= 0.6 is 0 Å². The number of benzene rings is 1. The summed E-state index contributed by atoms with van der Waals surface area (Å²) in [5.74, 6) is -0.220. The second-order valence-corrected chi connectivity index (χ2v) is 4.90. The van der Waals surface area contributed by atoms with Crippen molar-refractivity contribution in [3.8, 4) is 11.3 Å². The van der Waals surface area contributed by atoms with Crippen molar-refractivity contribution < 1.29 is 4.39 Å². The molecule has 3 N–H and O–H groups in total. The van der Waals surface area contributed by atoms with Gasteiger partial charge in [-0.15, -0.1) is 0 Å². The Balaban J connectivity index is 2.33. The molecule has 0 bridgehead atoms. The van der Waals surface area contributed by atoms with Crippen LogP contribution in [-0.2, 0) is 5.41 Å². The van der Waals surface area contributed by atoms with Crippen molar-refractivity contribution in [3.05, 3.63) is 47.9 Å². The van der Waals surface area contributed by atoms with E-state index in [0.29, 0.717) is 6.54 Å². The van der Waals surface area contributed by atoms with Crippen LogP contribution in [0.1, 0.15) is 19.4 Å². The van der Waals surface area contributed by atoms with Gasteiger partial charge in [-0.3, -0.25) is 0 Å². The number of hydrogen-bond acceptors (Lipinski definition) is 1. The van der Waals surface area contributed by atoms with E-state index in [-0.39, 0.29) is 11.2 Å². The Labute approximate surface area is 101 Å². The highest BCUT2D eigenvalue weighted by Crippen LogP contribution is 2.27. The van der Waals surface area contributed by atoms with Gasteiger partial charge in [0.15, 0.2) is 0 Å². The lowest BCUT2D eigenvalue weighted by Crippen LogP contribution is -2.27. The van der Waals surface area contributed by atoms with E-state index >= 15 is 0 Å². The fraction of sp³-hybridized carbons (Fsp3) is 0.286. The highest BCUT2D eigenvalue weighted by atomic mass is 19.1. The minimum atomic E-state index is -0.220. The summed E-state index contributed by atoms with van der Waals surface area (Å²) in [5, 5.41) is 0. The Bertz CT molecular complexity index is 497. The van der Waals surface area contributed by atoms with E-state index < -0.39 is 0 Å². The summed E-state index contributed by atoms with van der Waals surface area (Å²) in [4.78, 5) is 3.20. The molecule has 0 spiro atoms. The minimum Gasteiger partial charge on any atom is -0.361 e. The molecule has 0 saturated carbocycles. The largest absolute Gasteiger partial charge is 0.361 e. The lowest BCUT2D eigenvalue weighted by molar-refractivity contribution is 0.540. The standard InChI is InChI=1S/C14H17FN2/c1-14(2,9-16)11-7-13(17-8-11)10-3-5-12(15)6-4-10/h3-8,17H,9,16H2,1-2H3. The zero-order chi connectivity index (χ0) is 12.5. The van der Waals surface area contributed by atoms with Gasteiger partial charge in [0.1, 0.15) is 5.82 Å². The molecule has 0 amide bonds. The van der Waals surface area contributed by atoms with E-state index in [1.807, 2.05) is 6.20 Å². The molecule has 0 aliphatic carbocycles. The number of halogens is 1. The van der Waals surface area contributed by atoms with Crippen molar-refractivity contribution >= 4 is 0 Å².